The molecule has 0 aliphatic carbocycles. The number of nitrogens with one attached hydrogen (secondary N) is 1. The first kappa shape index (κ1) is 14.1. The molecular weight excluding hydrogens is 263 g/mol. The molecule has 0 amide bonds. The second-order valence-corrected chi connectivity index (χ2v) is 5.31. The number of nitrogens with zero attached hydrogens (tertiary/aromatic N) is 1. The summed E-state index contributed by atoms with van der Waals surface area (Å²) in [6.45, 7) is 5.59. The molecule has 102 valence electrons. The van der Waals surface area contributed by atoms with E-state index in [-0.39, 0.29) is 5.82 Å². The summed E-state index contributed by atoms with van der Waals surface area (Å²) in [5.74, 6) is -0.256. The molecular formula is C15H18ClFN2. The first-order chi connectivity index (χ1) is 9.06. The maximum absolute atomic E-state index is 13.3. The van der Waals surface area contributed by atoms with Crippen LogP contribution in [0.3, 0.4) is 0 Å². The Bertz CT molecular complexity index is 549. The van der Waals surface area contributed by atoms with Crippen molar-refractivity contribution in [3.8, 4) is 0 Å². The van der Waals surface area contributed by atoms with Crippen molar-refractivity contribution in [2.45, 2.75) is 33.0 Å². The third-order valence-electron chi connectivity index (χ3n) is 2.96. The first-order valence-corrected chi connectivity index (χ1v) is 6.75. The highest BCUT2D eigenvalue weighted by Gasteiger charge is 2.06. The molecule has 0 atom stereocenters. The minimum Gasteiger partial charge on any atom is -0.346 e. The maximum atomic E-state index is 13.3. The predicted octanol–water partition coefficient (Wildman–Crippen LogP) is 3.83. The van der Waals surface area contributed by atoms with Gasteiger partial charge in [0.1, 0.15) is 5.82 Å². The van der Waals surface area contributed by atoms with Crippen LogP contribution < -0.4 is 5.32 Å². The second-order valence-electron chi connectivity index (χ2n) is 4.90. The van der Waals surface area contributed by atoms with Crippen LogP contribution in [0.1, 0.15) is 25.1 Å². The van der Waals surface area contributed by atoms with Crippen molar-refractivity contribution < 1.29 is 4.39 Å². The van der Waals surface area contributed by atoms with Crippen molar-refractivity contribution in [3.63, 3.8) is 0 Å². The molecule has 0 spiro atoms. The molecule has 1 N–H and O–H groups in total. The van der Waals surface area contributed by atoms with Gasteiger partial charge in [0.25, 0.3) is 0 Å². The van der Waals surface area contributed by atoms with Crippen LogP contribution in [0.4, 0.5) is 4.39 Å². The number of aromatic nitrogens is 1. The molecule has 0 radical (unpaired) electrons. The van der Waals surface area contributed by atoms with Crippen LogP contribution in [-0.4, -0.2) is 10.6 Å². The molecule has 0 aliphatic rings. The molecule has 0 bridgehead atoms. The van der Waals surface area contributed by atoms with Crippen LogP contribution in [0.5, 0.6) is 0 Å². The fraction of sp³-hybridized carbons (Fsp3) is 0.333. The van der Waals surface area contributed by atoms with E-state index in [1.165, 1.54) is 12.1 Å². The minimum atomic E-state index is -0.256. The highest BCUT2D eigenvalue weighted by Crippen LogP contribution is 2.19. The zero-order valence-electron chi connectivity index (χ0n) is 11.2. The quantitative estimate of drug-likeness (QED) is 0.881. The standard InChI is InChI=1S/C15H18ClFN2/c1-11(2)18-9-14-4-3-7-19(14)10-12-8-13(17)5-6-15(12)16/h3-8,11,18H,9-10H2,1-2H3. The van der Waals surface area contributed by atoms with Gasteiger partial charge in [-0.15, -0.1) is 0 Å². The van der Waals surface area contributed by atoms with E-state index in [2.05, 4.69) is 29.8 Å². The third kappa shape index (κ3) is 3.82. The molecule has 0 unspecified atom stereocenters. The molecule has 0 aliphatic heterocycles. The predicted molar refractivity (Wildman–Crippen MR) is 76.9 cm³/mol. The van der Waals surface area contributed by atoms with Gasteiger partial charge in [-0.25, -0.2) is 4.39 Å². The van der Waals surface area contributed by atoms with Crippen LogP contribution in [0.2, 0.25) is 5.02 Å². The maximum Gasteiger partial charge on any atom is 0.123 e. The van der Waals surface area contributed by atoms with Gasteiger partial charge in [0, 0.05) is 36.0 Å². The molecule has 1 aromatic carbocycles. The normalized spacial score (nSPS) is 11.2. The molecule has 0 saturated heterocycles. The number of halogens is 2. The van der Waals surface area contributed by atoms with Crippen LogP contribution in [0.15, 0.2) is 36.5 Å². The molecule has 1 aromatic heterocycles. The third-order valence-corrected chi connectivity index (χ3v) is 3.33. The summed E-state index contributed by atoms with van der Waals surface area (Å²) in [7, 11) is 0. The Balaban J connectivity index is 2.15. The van der Waals surface area contributed by atoms with Crippen molar-refractivity contribution in [3.05, 3.63) is 58.6 Å². The average Bonchev–Trinajstić information content (AvgIpc) is 2.79. The lowest BCUT2D eigenvalue weighted by Crippen LogP contribution is -2.23. The number of hydrogen-bond acceptors (Lipinski definition) is 1. The fourth-order valence-electron chi connectivity index (χ4n) is 1.92. The van der Waals surface area contributed by atoms with Gasteiger partial charge in [-0.1, -0.05) is 25.4 Å². The Morgan fingerprint density at radius 1 is 1.32 bits per heavy atom. The van der Waals surface area contributed by atoms with Gasteiger partial charge in [0.2, 0.25) is 0 Å². The molecule has 0 saturated carbocycles. The molecule has 2 nitrogen and oxygen atoms in total. The van der Waals surface area contributed by atoms with Crippen LogP contribution in [-0.2, 0) is 13.1 Å². The van der Waals surface area contributed by atoms with Gasteiger partial charge in [0.15, 0.2) is 0 Å². The number of hydrogen-bond donors (Lipinski definition) is 1. The first-order valence-electron chi connectivity index (χ1n) is 6.37. The smallest absolute Gasteiger partial charge is 0.123 e. The van der Waals surface area contributed by atoms with E-state index >= 15 is 0 Å². The summed E-state index contributed by atoms with van der Waals surface area (Å²) >= 11 is 6.10. The van der Waals surface area contributed by atoms with E-state index in [4.69, 9.17) is 11.6 Å². The monoisotopic (exact) mass is 280 g/mol. The van der Waals surface area contributed by atoms with Crippen LogP contribution >= 0.6 is 11.6 Å². The summed E-state index contributed by atoms with van der Waals surface area (Å²) in [4.78, 5) is 0. The van der Waals surface area contributed by atoms with Crippen LogP contribution in [0.25, 0.3) is 0 Å². The average molecular weight is 281 g/mol. The van der Waals surface area contributed by atoms with E-state index in [9.17, 15) is 4.39 Å². The Labute approximate surface area is 118 Å². The van der Waals surface area contributed by atoms with E-state index < -0.39 is 0 Å². The fourth-order valence-corrected chi connectivity index (χ4v) is 2.10. The van der Waals surface area contributed by atoms with Gasteiger partial charge < -0.3 is 9.88 Å². The molecule has 0 fully saturated rings. The molecule has 19 heavy (non-hydrogen) atoms. The minimum absolute atomic E-state index is 0.256. The largest absolute Gasteiger partial charge is 0.346 e. The SMILES string of the molecule is CC(C)NCc1cccn1Cc1cc(F)ccc1Cl. The van der Waals surface area contributed by atoms with Crippen molar-refractivity contribution in [1.82, 2.24) is 9.88 Å². The zero-order valence-corrected chi connectivity index (χ0v) is 11.9. The van der Waals surface area contributed by atoms with E-state index in [1.807, 2.05) is 12.3 Å². The summed E-state index contributed by atoms with van der Waals surface area (Å²) < 4.78 is 15.3. The Morgan fingerprint density at radius 3 is 2.84 bits per heavy atom. The lowest BCUT2D eigenvalue weighted by atomic mass is 10.2. The van der Waals surface area contributed by atoms with Crippen molar-refractivity contribution in [1.29, 1.82) is 0 Å². The topological polar surface area (TPSA) is 17.0 Å². The zero-order chi connectivity index (χ0) is 13.8. The molecule has 4 heteroatoms. The molecule has 1 heterocycles. The highest BCUT2D eigenvalue weighted by atomic mass is 35.5. The van der Waals surface area contributed by atoms with Crippen molar-refractivity contribution in [2.75, 3.05) is 0 Å². The van der Waals surface area contributed by atoms with Crippen molar-refractivity contribution >= 4 is 11.6 Å². The Kier molecular flexibility index (Phi) is 4.61. The lowest BCUT2D eigenvalue weighted by molar-refractivity contribution is 0.563. The summed E-state index contributed by atoms with van der Waals surface area (Å²) in [5, 5.41) is 3.97. The van der Waals surface area contributed by atoms with Gasteiger partial charge >= 0.3 is 0 Å². The number of benzene rings is 1. The van der Waals surface area contributed by atoms with Gasteiger partial charge in [-0.3, -0.25) is 0 Å². The Morgan fingerprint density at radius 2 is 2.11 bits per heavy atom. The van der Waals surface area contributed by atoms with Gasteiger partial charge in [-0.05, 0) is 35.9 Å². The van der Waals surface area contributed by atoms with Gasteiger partial charge in [0.05, 0.1) is 0 Å². The number of rotatable bonds is 5. The summed E-state index contributed by atoms with van der Waals surface area (Å²) in [6.07, 6.45) is 1.98. The second kappa shape index (κ2) is 6.22. The molecule has 2 rings (SSSR count). The van der Waals surface area contributed by atoms with Crippen molar-refractivity contribution in [2.24, 2.45) is 0 Å². The summed E-state index contributed by atoms with van der Waals surface area (Å²) in [5.41, 5.74) is 1.96. The summed E-state index contributed by atoms with van der Waals surface area (Å²) in [6, 6.07) is 8.95. The van der Waals surface area contributed by atoms with E-state index in [0.717, 1.165) is 17.8 Å². The van der Waals surface area contributed by atoms with E-state index in [1.54, 1.807) is 6.07 Å². The van der Waals surface area contributed by atoms with Crippen LogP contribution in [0, 0.1) is 5.82 Å². The molecule has 2 aromatic rings. The van der Waals surface area contributed by atoms with Gasteiger partial charge in [-0.2, -0.15) is 0 Å². The Hall–Kier alpha value is -1.32. The highest BCUT2D eigenvalue weighted by molar-refractivity contribution is 6.31. The van der Waals surface area contributed by atoms with E-state index in [0.29, 0.717) is 17.6 Å². The lowest BCUT2D eigenvalue weighted by Gasteiger charge is -2.13.